The smallest absolute Gasteiger partial charge is 0.146 e. The number of thioether (sulfide) groups is 1. The summed E-state index contributed by atoms with van der Waals surface area (Å²) in [5.41, 5.74) is 1.85. The Morgan fingerprint density at radius 3 is 3.00 bits per heavy atom. The standard InChI is InChI=1S/C13H17ClFNS/c1-3-16-12-6-8(2)17-7-10-9(12)4-5-11(14)13(10)15/h4-5,8,12,16H,3,6-7H2,1-2H3. The minimum Gasteiger partial charge on any atom is -0.310 e. The van der Waals surface area contributed by atoms with Gasteiger partial charge in [-0.05, 0) is 24.6 Å². The monoisotopic (exact) mass is 273 g/mol. The second kappa shape index (κ2) is 5.59. The first-order valence-corrected chi connectivity index (χ1v) is 7.38. The molecule has 17 heavy (non-hydrogen) atoms. The molecule has 1 heterocycles. The second-order valence-electron chi connectivity index (χ2n) is 4.40. The summed E-state index contributed by atoms with van der Waals surface area (Å²) in [7, 11) is 0. The van der Waals surface area contributed by atoms with Gasteiger partial charge in [0, 0.05) is 22.6 Å². The average molecular weight is 274 g/mol. The van der Waals surface area contributed by atoms with Crippen molar-refractivity contribution in [2.75, 3.05) is 6.54 Å². The van der Waals surface area contributed by atoms with Crippen LogP contribution < -0.4 is 5.32 Å². The van der Waals surface area contributed by atoms with Gasteiger partial charge in [-0.2, -0.15) is 11.8 Å². The van der Waals surface area contributed by atoms with Crippen molar-refractivity contribution in [3.8, 4) is 0 Å². The van der Waals surface area contributed by atoms with Crippen LogP contribution in [-0.2, 0) is 5.75 Å². The summed E-state index contributed by atoms with van der Waals surface area (Å²) < 4.78 is 14.0. The van der Waals surface area contributed by atoms with E-state index in [0.29, 0.717) is 11.0 Å². The van der Waals surface area contributed by atoms with E-state index in [0.717, 1.165) is 24.1 Å². The molecule has 2 unspecified atom stereocenters. The van der Waals surface area contributed by atoms with Crippen LogP contribution in [0, 0.1) is 5.82 Å². The third-order valence-electron chi connectivity index (χ3n) is 3.14. The molecule has 94 valence electrons. The molecule has 0 fully saturated rings. The molecule has 1 aliphatic rings. The van der Waals surface area contributed by atoms with Crippen LogP contribution in [0.3, 0.4) is 0 Å². The zero-order valence-electron chi connectivity index (χ0n) is 10.1. The number of nitrogens with one attached hydrogen (secondary N) is 1. The van der Waals surface area contributed by atoms with E-state index >= 15 is 0 Å². The molecule has 1 nitrogen and oxygen atoms in total. The molecule has 0 aromatic heterocycles. The van der Waals surface area contributed by atoms with Gasteiger partial charge in [-0.25, -0.2) is 4.39 Å². The number of benzene rings is 1. The van der Waals surface area contributed by atoms with Gasteiger partial charge in [0.15, 0.2) is 0 Å². The number of hydrogen-bond donors (Lipinski definition) is 1. The van der Waals surface area contributed by atoms with Gasteiger partial charge in [-0.15, -0.1) is 0 Å². The molecule has 1 aromatic carbocycles. The molecule has 0 radical (unpaired) electrons. The van der Waals surface area contributed by atoms with Gasteiger partial charge in [-0.1, -0.05) is 31.5 Å². The van der Waals surface area contributed by atoms with Crippen molar-refractivity contribution in [3.05, 3.63) is 34.1 Å². The highest BCUT2D eigenvalue weighted by molar-refractivity contribution is 7.99. The summed E-state index contributed by atoms with van der Waals surface area (Å²) >= 11 is 7.65. The van der Waals surface area contributed by atoms with Crippen molar-refractivity contribution >= 4 is 23.4 Å². The zero-order chi connectivity index (χ0) is 12.4. The molecule has 2 rings (SSSR count). The third kappa shape index (κ3) is 2.78. The van der Waals surface area contributed by atoms with Crippen LogP contribution in [0.1, 0.15) is 37.4 Å². The van der Waals surface area contributed by atoms with Gasteiger partial charge < -0.3 is 5.32 Å². The second-order valence-corrected chi connectivity index (χ2v) is 6.23. The van der Waals surface area contributed by atoms with Crippen molar-refractivity contribution in [1.29, 1.82) is 0 Å². The maximum Gasteiger partial charge on any atom is 0.146 e. The summed E-state index contributed by atoms with van der Waals surface area (Å²) in [6.45, 7) is 5.17. The molecule has 0 saturated carbocycles. The van der Waals surface area contributed by atoms with Crippen molar-refractivity contribution in [3.63, 3.8) is 0 Å². The molecule has 2 atom stereocenters. The Balaban J connectivity index is 2.43. The highest BCUT2D eigenvalue weighted by Crippen LogP contribution is 2.37. The van der Waals surface area contributed by atoms with Crippen LogP contribution in [0.15, 0.2) is 12.1 Å². The van der Waals surface area contributed by atoms with Crippen LogP contribution >= 0.6 is 23.4 Å². The molecule has 0 amide bonds. The number of fused-ring (bicyclic) bond motifs is 1. The Morgan fingerprint density at radius 2 is 2.29 bits per heavy atom. The number of rotatable bonds is 2. The molecular formula is C13H17ClFNS. The maximum absolute atomic E-state index is 14.0. The minimum absolute atomic E-state index is 0.231. The topological polar surface area (TPSA) is 12.0 Å². The summed E-state index contributed by atoms with van der Waals surface area (Å²) in [5.74, 6) is 0.471. The normalized spacial score (nSPS) is 24.2. The molecule has 1 N–H and O–H groups in total. The van der Waals surface area contributed by atoms with Crippen molar-refractivity contribution in [2.24, 2.45) is 0 Å². The van der Waals surface area contributed by atoms with Crippen LogP contribution in [0.2, 0.25) is 5.02 Å². The predicted molar refractivity (Wildman–Crippen MR) is 73.2 cm³/mol. The molecule has 4 heteroatoms. The lowest BCUT2D eigenvalue weighted by Crippen LogP contribution is -2.23. The van der Waals surface area contributed by atoms with E-state index in [1.54, 1.807) is 17.8 Å². The minimum atomic E-state index is -0.242. The van der Waals surface area contributed by atoms with E-state index in [1.165, 1.54) is 0 Å². The highest BCUT2D eigenvalue weighted by Gasteiger charge is 2.25. The average Bonchev–Trinajstić information content (AvgIpc) is 2.45. The van der Waals surface area contributed by atoms with Crippen LogP contribution in [0.4, 0.5) is 4.39 Å². The fourth-order valence-corrected chi connectivity index (χ4v) is 3.52. The van der Waals surface area contributed by atoms with Gasteiger partial charge in [0.05, 0.1) is 5.02 Å². The van der Waals surface area contributed by atoms with Crippen molar-refractivity contribution < 1.29 is 4.39 Å². The fraction of sp³-hybridized carbons (Fsp3) is 0.538. The van der Waals surface area contributed by atoms with Crippen LogP contribution in [0.5, 0.6) is 0 Å². The van der Waals surface area contributed by atoms with Crippen molar-refractivity contribution in [1.82, 2.24) is 5.32 Å². The first kappa shape index (κ1) is 13.2. The lowest BCUT2D eigenvalue weighted by molar-refractivity contribution is 0.510. The molecular weight excluding hydrogens is 257 g/mol. The lowest BCUT2D eigenvalue weighted by Gasteiger charge is -2.20. The maximum atomic E-state index is 14.0. The highest BCUT2D eigenvalue weighted by atomic mass is 35.5. The molecule has 1 aromatic rings. The summed E-state index contributed by atoms with van der Waals surface area (Å²) in [6, 6.07) is 3.87. The van der Waals surface area contributed by atoms with E-state index < -0.39 is 0 Å². The number of hydrogen-bond acceptors (Lipinski definition) is 2. The Labute approximate surface area is 111 Å². The van der Waals surface area contributed by atoms with Gasteiger partial charge in [0.2, 0.25) is 0 Å². The SMILES string of the molecule is CCNC1CC(C)SCc2c1ccc(Cl)c2F. The van der Waals surface area contributed by atoms with Gasteiger partial charge >= 0.3 is 0 Å². The Morgan fingerprint density at radius 1 is 1.53 bits per heavy atom. The van der Waals surface area contributed by atoms with Gasteiger partial charge in [0.25, 0.3) is 0 Å². The number of halogens is 2. The lowest BCUT2D eigenvalue weighted by atomic mass is 9.97. The molecule has 0 saturated heterocycles. The van der Waals surface area contributed by atoms with Gasteiger partial charge in [-0.3, -0.25) is 0 Å². The Hall–Kier alpha value is -0.250. The largest absolute Gasteiger partial charge is 0.310 e. The van der Waals surface area contributed by atoms with E-state index in [2.05, 4.69) is 19.2 Å². The first-order valence-electron chi connectivity index (χ1n) is 5.95. The van der Waals surface area contributed by atoms with Crippen molar-refractivity contribution in [2.45, 2.75) is 37.3 Å². The van der Waals surface area contributed by atoms with Crippen LogP contribution in [0.25, 0.3) is 0 Å². The van der Waals surface area contributed by atoms with E-state index in [-0.39, 0.29) is 16.9 Å². The van der Waals surface area contributed by atoms with E-state index in [1.807, 2.05) is 6.07 Å². The molecule has 0 bridgehead atoms. The van der Waals surface area contributed by atoms with E-state index in [9.17, 15) is 4.39 Å². The third-order valence-corrected chi connectivity index (χ3v) is 4.65. The summed E-state index contributed by atoms with van der Waals surface area (Å²) in [6.07, 6.45) is 1.03. The Kier molecular flexibility index (Phi) is 4.34. The summed E-state index contributed by atoms with van der Waals surface area (Å²) in [5, 5.41) is 4.20. The van der Waals surface area contributed by atoms with E-state index in [4.69, 9.17) is 11.6 Å². The Bertz CT molecular complexity index is 411. The summed E-state index contributed by atoms with van der Waals surface area (Å²) in [4.78, 5) is 0. The molecule has 1 aliphatic heterocycles. The fourth-order valence-electron chi connectivity index (χ4n) is 2.27. The van der Waals surface area contributed by atoms with Crippen LogP contribution in [-0.4, -0.2) is 11.8 Å². The quantitative estimate of drug-likeness (QED) is 0.869. The zero-order valence-corrected chi connectivity index (χ0v) is 11.7. The van der Waals surface area contributed by atoms with Gasteiger partial charge in [0.1, 0.15) is 5.82 Å². The molecule has 0 spiro atoms. The molecule has 0 aliphatic carbocycles. The predicted octanol–water partition coefficient (Wildman–Crippen LogP) is 4.16. The first-order chi connectivity index (χ1) is 8.13.